The van der Waals surface area contributed by atoms with Gasteiger partial charge in [-0.3, -0.25) is 4.79 Å². The number of halogens is 1. The molecule has 1 aromatic rings. The van der Waals surface area contributed by atoms with Crippen molar-refractivity contribution < 1.29 is 4.79 Å². The van der Waals surface area contributed by atoms with E-state index in [0.29, 0.717) is 0 Å². The van der Waals surface area contributed by atoms with Gasteiger partial charge in [0.15, 0.2) is 0 Å². The van der Waals surface area contributed by atoms with Gasteiger partial charge < -0.3 is 15.1 Å². The van der Waals surface area contributed by atoms with Gasteiger partial charge >= 0.3 is 0 Å². The van der Waals surface area contributed by atoms with Crippen LogP contribution in [0.15, 0.2) is 18.2 Å². The minimum atomic E-state index is -0.182. The Labute approximate surface area is 135 Å². The van der Waals surface area contributed by atoms with E-state index in [2.05, 4.69) is 50.1 Å². The minimum absolute atomic E-state index is 0.0117. The lowest BCUT2D eigenvalue weighted by atomic mass is 10.1. The number of hydrogen-bond donors (Lipinski definition) is 1. The number of alkyl halides is 1. The minimum Gasteiger partial charge on any atom is -0.369 e. The number of piperazine rings is 1. The molecule has 0 aliphatic carbocycles. The van der Waals surface area contributed by atoms with Gasteiger partial charge in [-0.2, -0.15) is 0 Å². The van der Waals surface area contributed by atoms with Crippen molar-refractivity contribution in [3.05, 3.63) is 23.8 Å². The smallest absolute Gasteiger partial charge is 0.237 e. The number of hydrogen-bond acceptors (Lipinski definition) is 3. The van der Waals surface area contributed by atoms with Gasteiger partial charge in [0.25, 0.3) is 0 Å². The van der Waals surface area contributed by atoms with Gasteiger partial charge in [0.05, 0.1) is 4.83 Å². The number of carbonyl (C=O) groups excluding carboxylic acids is 1. The zero-order chi connectivity index (χ0) is 15.4. The molecular formula is C16H24BrN3O. The summed E-state index contributed by atoms with van der Waals surface area (Å²) in [6.45, 7) is 11.6. The molecule has 1 amide bonds. The highest BCUT2D eigenvalue weighted by atomic mass is 79.9. The number of nitrogens with one attached hydrogen (secondary N) is 1. The van der Waals surface area contributed by atoms with Crippen molar-refractivity contribution in [2.75, 3.05) is 42.9 Å². The lowest BCUT2D eigenvalue weighted by Crippen LogP contribution is -2.46. The van der Waals surface area contributed by atoms with Crippen LogP contribution >= 0.6 is 15.9 Å². The average molecular weight is 354 g/mol. The summed E-state index contributed by atoms with van der Waals surface area (Å²) in [4.78, 5) is 16.4. The lowest BCUT2D eigenvalue weighted by molar-refractivity contribution is -0.115. The van der Waals surface area contributed by atoms with E-state index in [-0.39, 0.29) is 10.7 Å². The van der Waals surface area contributed by atoms with E-state index in [1.165, 1.54) is 5.69 Å². The number of amides is 1. The number of aryl methyl sites for hydroxylation is 1. The summed E-state index contributed by atoms with van der Waals surface area (Å²) in [7, 11) is 0. The summed E-state index contributed by atoms with van der Waals surface area (Å²) in [6.07, 6.45) is 0. The van der Waals surface area contributed by atoms with Crippen LogP contribution in [0.4, 0.5) is 11.4 Å². The molecule has 116 valence electrons. The Morgan fingerprint density at radius 1 is 1.33 bits per heavy atom. The second-order valence-corrected chi connectivity index (χ2v) is 6.90. The molecule has 1 fully saturated rings. The van der Waals surface area contributed by atoms with E-state index in [1.807, 2.05) is 19.9 Å². The molecule has 1 unspecified atom stereocenters. The summed E-state index contributed by atoms with van der Waals surface area (Å²) in [5.74, 6) is -0.0117. The van der Waals surface area contributed by atoms with Gasteiger partial charge in [-0.05, 0) is 44.2 Å². The maximum atomic E-state index is 11.7. The number of benzene rings is 1. The van der Waals surface area contributed by atoms with Crippen LogP contribution in [0.3, 0.4) is 0 Å². The molecule has 1 N–H and O–H groups in total. The Balaban J connectivity index is 2.04. The van der Waals surface area contributed by atoms with Crippen LogP contribution in [-0.2, 0) is 4.79 Å². The van der Waals surface area contributed by atoms with Crippen LogP contribution in [0.1, 0.15) is 19.4 Å². The molecule has 4 nitrogen and oxygen atoms in total. The lowest BCUT2D eigenvalue weighted by Gasteiger charge is -2.35. The predicted molar refractivity (Wildman–Crippen MR) is 92.5 cm³/mol. The Hall–Kier alpha value is -1.07. The Kier molecular flexibility index (Phi) is 5.65. The van der Waals surface area contributed by atoms with Crippen molar-refractivity contribution >= 4 is 33.2 Å². The molecule has 0 saturated carbocycles. The Bertz CT molecular complexity index is 496. The maximum Gasteiger partial charge on any atom is 0.237 e. The van der Waals surface area contributed by atoms with E-state index in [4.69, 9.17) is 0 Å². The normalized spacial score (nSPS) is 17.6. The highest BCUT2D eigenvalue weighted by Crippen LogP contribution is 2.24. The van der Waals surface area contributed by atoms with E-state index in [9.17, 15) is 4.79 Å². The van der Waals surface area contributed by atoms with Crippen LogP contribution < -0.4 is 10.2 Å². The largest absolute Gasteiger partial charge is 0.369 e. The van der Waals surface area contributed by atoms with Gasteiger partial charge in [-0.25, -0.2) is 0 Å². The molecule has 0 radical (unpaired) electrons. The fourth-order valence-corrected chi connectivity index (χ4v) is 2.65. The molecule has 0 aromatic heterocycles. The Morgan fingerprint density at radius 2 is 2.00 bits per heavy atom. The number of rotatable bonds is 4. The van der Waals surface area contributed by atoms with E-state index < -0.39 is 0 Å². The molecule has 1 aromatic carbocycles. The second-order valence-electron chi connectivity index (χ2n) is 5.53. The molecule has 1 saturated heterocycles. The van der Waals surface area contributed by atoms with Gasteiger partial charge in [0, 0.05) is 37.6 Å². The van der Waals surface area contributed by atoms with E-state index in [0.717, 1.165) is 44.0 Å². The quantitative estimate of drug-likeness (QED) is 0.845. The molecule has 1 aliphatic heterocycles. The van der Waals surface area contributed by atoms with Gasteiger partial charge in [-0.1, -0.05) is 22.9 Å². The zero-order valence-electron chi connectivity index (χ0n) is 13.0. The monoisotopic (exact) mass is 353 g/mol. The fourth-order valence-electron chi connectivity index (χ4n) is 2.54. The summed E-state index contributed by atoms with van der Waals surface area (Å²) >= 11 is 3.29. The van der Waals surface area contributed by atoms with E-state index >= 15 is 0 Å². The van der Waals surface area contributed by atoms with Crippen molar-refractivity contribution in [3.8, 4) is 0 Å². The third kappa shape index (κ3) is 4.20. The standard InChI is InChI=1S/C16H24BrN3O/c1-4-19-7-9-20(10-8-19)14-5-6-15(12(2)11-14)18-16(21)13(3)17/h5-6,11,13H,4,7-10H2,1-3H3,(H,18,21). The fraction of sp³-hybridized carbons (Fsp3) is 0.562. The highest BCUT2D eigenvalue weighted by molar-refractivity contribution is 9.10. The Morgan fingerprint density at radius 3 is 2.52 bits per heavy atom. The number of carbonyl (C=O) groups is 1. The van der Waals surface area contributed by atoms with Crippen LogP contribution in [0.2, 0.25) is 0 Å². The average Bonchev–Trinajstić information content (AvgIpc) is 2.49. The molecule has 2 rings (SSSR count). The molecule has 21 heavy (non-hydrogen) atoms. The van der Waals surface area contributed by atoms with Gasteiger partial charge in [0.1, 0.15) is 0 Å². The third-order valence-corrected chi connectivity index (χ3v) is 4.43. The van der Waals surface area contributed by atoms with Gasteiger partial charge in [0.2, 0.25) is 5.91 Å². The zero-order valence-corrected chi connectivity index (χ0v) is 14.6. The third-order valence-electron chi connectivity index (χ3n) is 4.01. The number of nitrogens with zero attached hydrogens (tertiary/aromatic N) is 2. The van der Waals surface area contributed by atoms with Crippen LogP contribution in [-0.4, -0.2) is 48.4 Å². The van der Waals surface area contributed by atoms with Crippen molar-refractivity contribution in [1.82, 2.24) is 4.90 Å². The molecule has 1 heterocycles. The molecule has 1 aliphatic rings. The maximum absolute atomic E-state index is 11.7. The van der Waals surface area contributed by atoms with E-state index in [1.54, 1.807) is 0 Å². The first-order valence-electron chi connectivity index (χ1n) is 7.54. The molecule has 0 bridgehead atoms. The SMILES string of the molecule is CCN1CCN(c2ccc(NC(=O)C(C)Br)c(C)c2)CC1. The van der Waals surface area contributed by atoms with Crippen molar-refractivity contribution in [2.45, 2.75) is 25.6 Å². The van der Waals surface area contributed by atoms with Crippen molar-refractivity contribution in [1.29, 1.82) is 0 Å². The topological polar surface area (TPSA) is 35.6 Å². The van der Waals surface area contributed by atoms with Crippen LogP contribution in [0.5, 0.6) is 0 Å². The second kappa shape index (κ2) is 7.27. The predicted octanol–water partition coefficient (Wildman–Crippen LogP) is 2.86. The summed E-state index contributed by atoms with van der Waals surface area (Å²) < 4.78 is 0. The highest BCUT2D eigenvalue weighted by Gasteiger charge is 2.17. The first kappa shape index (κ1) is 16.3. The summed E-state index contributed by atoms with van der Waals surface area (Å²) in [5, 5.41) is 2.94. The summed E-state index contributed by atoms with van der Waals surface area (Å²) in [6, 6.07) is 6.27. The molecular weight excluding hydrogens is 330 g/mol. The first-order chi connectivity index (χ1) is 10.0. The van der Waals surface area contributed by atoms with Crippen LogP contribution in [0, 0.1) is 6.92 Å². The van der Waals surface area contributed by atoms with Crippen molar-refractivity contribution in [2.24, 2.45) is 0 Å². The number of anilines is 2. The number of likely N-dealkylation sites (N-methyl/N-ethyl adjacent to an activating group) is 1. The molecule has 5 heteroatoms. The van der Waals surface area contributed by atoms with Crippen LogP contribution in [0.25, 0.3) is 0 Å². The molecule has 0 spiro atoms. The molecule has 1 atom stereocenters. The first-order valence-corrected chi connectivity index (χ1v) is 8.45. The van der Waals surface area contributed by atoms with Gasteiger partial charge in [-0.15, -0.1) is 0 Å². The summed E-state index contributed by atoms with van der Waals surface area (Å²) in [5.41, 5.74) is 3.24. The van der Waals surface area contributed by atoms with Crippen molar-refractivity contribution in [3.63, 3.8) is 0 Å².